The van der Waals surface area contributed by atoms with Gasteiger partial charge in [-0.1, -0.05) is 30.3 Å². The highest BCUT2D eigenvalue weighted by atomic mass is 19.4. The van der Waals surface area contributed by atoms with Crippen LogP contribution in [-0.2, 0) is 31.8 Å². The standard InChI is InChI=1S/C21H17F3O5/c1-20(2)28-18(25)16(19(26)29-20)11-14-7-3-4-9-17(14)27-12-13-6-5-8-15(10-13)21(22,23)24/h3-11H,12H2,1-2H3. The van der Waals surface area contributed by atoms with E-state index in [1.165, 1.54) is 32.1 Å². The van der Waals surface area contributed by atoms with Crippen LogP contribution in [0.3, 0.4) is 0 Å². The van der Waals surface area contributed by atoms with Gasteiger partial charge in [0.2, 0.25) is 0 Å². The molecule has 1 heterocycles. The normalized spacial score (nSPS) is 16.1. The summed E-state index contributed by atoms with van der Waals surface area (Å²) in [6.07, 6.45) is -3.19. The molecule has 1 fully saturated rings. The van der Waals surface area contributed by atoms with Crippen LogP contribution in [0.15, 0.2) is 54.1 Å². The van der Waals surface area contributed by atoms with Crippen LogP contribution in [0.25, 0.3) is 6.08 Å². The molecule has 0 aliphatic carbocycles. The van der Waals surface area contributed by atoms with Crippen molar-refractivity contribution in [2.24, 2.45) is 0 Å². The Kier molecular flexibility index (Phi) is 5.37. The third-order valence-corrected chi connectivity index (χ3v) is 3.98. The van der Waals surface area contributed by atoms with Crippen molar-refractivity contribution in [2.45, 2.75) is 32.4 Å². The number of carbonyl (C=O) groups excluding carboxylic acids is 2. The molecule has 0 saturated carbocycles. The molecule has 29 heavy (non-hydrogen) atoms. The second-order valence-electron chi connectivity index (χ2n) is 6.76. The number of benzene rings is 2. The zero-order valence-electron chi connectivity index (χ0n) is 15.6. The van der Waals surface area contributed by atoms with E-state index in [0.717, 1.165) is 12.1 Å². The van der Waals surface area contributed by atoms with E-state index in [0.29, 0.717) is 11.1 Å². The molecule has 2 aromatic carbocycles. The Balaban J connectivity index is 1.82. The van der Waals surface area contributed by atoms with Gasteiger partial charge in [0, 0.05) is 19.4 Å². The molecule has 5 nitrogen and oxygen atoms in total. The number of hydrogen-bond acceptors (Lipinski definition) is 5. The summed E-state index contributed by atoms with van der Waals surface area (Å²) >= 11 is 0. The minimum atomic E-state index is -4.45. The summed E-state index contributed by atoms with van der Waals surface area (Å²) in [6, 6.07) is 11.3. The van der Waals surface area contributed by atoms with Gasteiger partial charge < -0.3 is 14.2 Å². The van der Waals surface area contributed by atoms with Crippen molar-refractivity contribution >= 4 is 18.0 Å². The van der Waals surface area contributed by atoms with E-state index in [2.05, 4.69) is 0 Å². The predicted molar refractivity (Wildman–Crippen MR) is 96.5 cm³/mol. The third-order valence-electron chi connectivity index (χ3n) is 3.98. The Morgan fingerprint density at radius 3 is 2.31 bits per heavy atom. The first-order valence-corrected chi connectivity index (χ1v) is 8.61. The Labute approximate surface area is 164 Å². The van der Waals surface area contributed by atoms with E-state index in [1.807, 2.05) is 0 Å². The summed E-state index contributed by atoms with van der Waals surface area (Å²) in [5, 5.41) is 0. The Morgan fingerprint density at radius 1 is 1.00 bits per heavy atom. The Bertz CT molecular complexity index is 954. The van der Waals surface area contributed by atoms with Crippen molar-refractivity contribution in [3.05, 3.63) is 70.8 Å². The number of halogens is 3. The highest BCUT2D eigenvalue weighted by Gasteiger charge is 2.39. The molecule has 0 bridgehead atoms. The molecule has 0 radical (unpaired) electrons. The van der Waals surface area contributed by atoms with Crippen LogP contribution in [0, 0.1) is 0 Å². The smallest absolute Gasteiger partial charge is 0.416 e. The monoisotopic (exact) mass is 406 g/mol. The van der Waals surface area contributed by atoms with Crippen molar-refractivity contribution in [1.82, 2.24) is 0 Å². The molecule has 1 saturated heterocycles. The van der Waals surface area contributed by atoms with Crippen LogP contribution in [0.5, 0.6) is 5.75 Å². The molecular formula is C21H17F3O5. The molecule has 0 spiro atoms. The minimum Gasteiger partial charge on any atom is -0.488 e. The average molecular weight is 406 g/mol. The van der Waals surface area contributed by atoms with Gasteiger partial charge in [0.1, 0.15) is 17.9 Å². The maximum Gasteiger partial charge on any atom is 0.416 e. The number of rotatable bonds is 4. The van der Waals surface area contributed by atoms with Gasteiger partial charge >= 0.3 is 18.1 Å². The lowest BCUT2D eigenvalue weighted by Crippen LogP contribution is -2.41. The molecule has 2 aromatic rings. The number of carbonyl (C=O) groups is 2. The number of ether oxygens (including phenoxy) is 3. The molecule has 0 atom stereocenters. The topological polar surface area (TPSA) is 61.8 Å². The van der Waals surface area contributed by atoms with E-state index >= 15 is 0 Å². The number of hydrogen-bond donors (Lipinski definition) is 0. The van der Waals surface area contributed by atoms with Gasteiger partial charge in [0.05, 0.1) is 5.56 Å². The average Bonchev–Trinajstić information content (AvgIpc) is 2.62. The molecule has 3 rings (SSSR count). The fraction of sp³-hybridized carbons (Fsp3) is 0.238. The van der Waals surface area contributed by atoms with Crippen LogP contribution in [-0.4, -0.2) is 17.7 Å². The van der Waals surface area contributed by atoms with E-state index < -0.39 is 29.5 Å². The van der Waals surface area contributed by atoms with Crippen LogP contribution in [0.2, 0.25) is 0 Å². The predicted octanol–water partition coefficient (Wildman–Crippen LogP) is 4.50. The lowest BCUT2D eigenvalue weighted by Gasteiger charge is -2.29. The maximum absolute atomic E-state index is 12.8. The van der Waals surface area contributed by atoms with Crippen molar-refractivity contribution < 1.29 is 37.0 Å². The summed E-state index contributed by atoms with van der Waals surface area (Å²) in [7, 11) is 0. The summed E-state index contributed by atoms with van der Waals surface area (Å²) in [6.45, 7) is 2.74. The van der Waals surface area contributed by atoms with Crippen molar-refractivity contribution in [2.75, 3.05) is 0 Å². The Hall–Kier alpha value is -3.29. The van der Waals surface area contributed by atoms with Crippen molar-refractivity contribution in [3.63, 3.8) is 0 Å². The van der Waals surface area contributed by atoms with Gasteiger partial charge in [-0.2, -0.15) is 13.2 Å². The van der Waals surface area contributed by atoms with Crippen molar-refractivity contribution in [3.8, 4) is 5.75 Å². The van der Waals surface area contributed by atoms with Gasteiger partial charge in [-0.05, 0) is 29.8 Å². The molecule has 0 amide bonds. The second kappa shape index (κ2) is 7.62. The summed E-state index contributed by atoms with van der Waals surface area (Å²) < 4.78 is 54.3. The molecule has 8 heteroatoms. The second-order valence-corrected chi connectivity index (χ2v) is 6.76. The first-order valence-electron chi connectivity index (χ1n) is 8.61. The summed E-state index contributed by atoms with van der Waals surface area (Å²) in [4.78, 5) is 24.2. The van der Waals surface area contributed by atoms with Gasteiger partial charge in [0.25, 0.3) is 5.79 Å². The van der Waals surface area contributed by atoms with E-state index in [-0.39, 0.29) is 17.9 Å². The number of cyclic esters (lactones) is 2. The molecule has 0 aromatic heterocycles. The molecule has 152 valence electrons. The molecular weight excluding hydrogens is 389 g/mol. The lowest BCUT2D eigenvalue weighted by atomic mass is 10.1. The van der Waals surface area contributed by atoms with Gasteiger partial charge in [0.15, 0.2) is 0 Å². The number of esters is 2. The fourth-order valence-electron chi connectivity index (χ4n) is 2.66. The molecule has 1 aliphatic heterocycles. The fourth-order valence-corrected chi connectivity index (χ4v) is 2.66. The number of para-hydroxylation sites is 1. The van der Waals surface area contributed by atoms with Gasteiger partial charge in [-0.15, -0.1) is 0 Å². The summed E-state index contributed by atoms with van der Waals surface area (Å²) in [5.41, 5.74) is -0.382. The maximum atomic E-state index is 12.8. The van der Waals surface area contributed by atoms with E-state index in [9.17, 15) is 22.8 Å². The van der Waals surface area contributed by atoms with Crippen LogP contribution in [0.4, 0.5) is 13.2 Å². The van der Waals surface area contributed by atoms with Crippen molar-refractivity contribution in [1.29, 1.82) is 0 Å². The highest BCUT2D eigenvalue weighted by molar-refractivity contribution is 6.19. The summed E-state index contributed by atoms with van der Waals surface area (Å²) in [5.74, 6) is -2.74. The SMILES string of the molecule is CC1(C)OC(=O)C(=Cc2ccccc2OCc2cccc(C(F)(F)F)c2)C(=O)O1. The minimum absolute atomic E-state index is 0.133. The van der Waals surface area contributed by atoms with Crippen LogP contribution in [0.1, 0.15) is 30.5 Å². The first kappa shape index (κ1) is 20.4. The Morgan fingerprint density at radius 2 is 1.66 bits per heavy atom. The number of alkyl halides is 3. The van der Waals surface area contributed by atoms with Gasteiger partial charge in [-0.3, -0.25) is 0 Å². The molecule has 0 N–H and O–H groups in total. The first-order chi connectivity index (χ1) is 13.5. The third kappa shape index (κ3) is 4.96. The highest BCUT2D eigenvalue weighted by Crippen LogP contribution is 2.30. The molecule has 0 unspecified atom stereocenters. The quantitative estimate of drug-likeness (QED) is 0.425. The zero-order chi connectivity index (χ0) is 21.2. The molecule has 1 aliphatic rings. The zero-order valence-corrected chi connectivity index (χ0v) is 15.6. The van der Waals surface area contributed by atoms with E-state index in [4.69, 9.17) is 14.2 Å². The van der Waals surface area contributed by atoms with Crippen LogP contribution < -0.4 is 4.74 Å². The van der Waals surface area contributed by atoms with E-state index in [1.54, 1.807) is 24.3 Å². The van der Waals surface area contributed by atoms with Crippen LogP contribution >= 0.6 is 0 Å². The lowest BCUT2D eigenvalue weighted by molar-refractivity contribution is -0.222. The van der Waals surface area contributed by atoms with Gasteiger partial charge in [-0.25, -0.2) is 9.59 Å². The largest absolute Gasteiger partial charge is 0.488 e.